The van der Waals surface area contributed by atoms with E-state index in [0.717, 1.165) is 16.9 Å². The van der Waals surface area contributed by atoms with Crippen LogP contribution in [0.3, 0.4) is 0 Å². The normalized spacial score (nSPS) is 10.4. The lowest BCUT2D eigenvalue weighted by molar-refractivity contribution is 0.206. The Bertz CT molecular complexity index is 636. The summed E-state index contributed by atoms with van der Waals surface area (Å²) in [5, 5.41) is 7.00. The molecule has 0 saturated heterocycles. The summed E-state index contributed by atoms with van der Waals surface area (Å²) in [6.45, 7) is 0.999. The number of hydrogen-bond donors (Lipinski definition) is 1. The molecule has 2 heterocycles. The summed E-state index contributed by atoms with van der Waals surface area (Å²) in [6, 6.07) is 3.74. The average molecular weight is 302 g/mol. The zero-order chi connectivity index (χ0) is 16.1. The van der Waals surface area contributed by atoms with Gasteiger partial charge in [-0.05, 0) is 17.7 Å². The van der Waals surface area contributed by atoms with Gasteiger partial charge in [-0.25, -0.2) is 9.78 Å². The van der Waals surface area contributed by atoms with Crippen molar-refractivity contribution in [2.24, 2.45) is 7.05 Å². The summed E-state index contributed by atoms with van der Waals surface area (Å²) in [5.41, 5.74) is 2.01. The van der Waals surface area contributed by atoms with Crippen LogP contribution in [0.15, 0.2) is 30.7 Å². The molecule has 1 N–H and O–H groups in total. The predicted octanol–water partition coefficient (Wildman–Crippen LogP) is 1.22. The zero-order valence-electron chi connectivity index (χ0n) is 13.4. The molecule has 2 aromatic heterocycles. The van der Waals surface area contributed by atoms with Gasteiger partial charge in [-0.15, -0.1) is 0 Å². The number of nitrogens with zero attached hydrogens (tertiary/aromatic N) is 5. The van der Waals surface area contributed by atoms with Crippen LogP contribution in [0.25, 0.3) is 0 Å². The summed E-state index contributed by atoms with van der Waals surface area (Å²) in [5.74, 6) is 0.871. The second kappa shape index (κ2) is 6.93. The van der Waals surface area contributed by atoms with Crippen molar-refractivity contribution in [1.82, 2.24) is 25.0 Å². The van der Waals surface area contributed by atoms with Crippen molar-refractivity contribution in [3.05, 3.63) is 41.9 Å². The molecule has 22 heavy (non-hydrogen) atoms. The van der Waals surface area contributed by atoms with E-state index in [1.54, 1.807) is 29.0 Å². The van der Waals surface area contributed by atoms with Gasteiger partial charge in [-0.1, -0.05) is 0 Å². The van der Waals surface area contributed by atoms with Crippen LogP contribution >= 0.6 is 0 Å². The number of hydrogen-bond acceptors (Lipinski definition) is 4. The van der Waals surface area contributed by atoms with Gasteiger partial charge in [0.25, 0.3) is 0 Å². The molecule has 0 aliphatic heterocycles. The third-order valence-corrected chi connectivity index (χ3v) is 3.24. The van der Waals surface area contributed by atoms with Crippen molar-refractivity contribution >= 4 is 11.8 Å². The third-order valence-electron chi connectivity index (χ3n) is 3.24. The van der Waals surface area contributed by atoms with Crippen molar-refractivity contribution < 1.29 is 4.79 Å². The van der Waals surface area contributed by atoms with E-state index in [-0.39, 0.29) is 6.03 Å². The Morgan fingerprint density at radius 1 is 1.32 bits per heavy atom. The maximum absolute atomic E-state index is 12.1. The lowest BCUT2D eigenvalue weighted by atomic mass is 10.2. The average Bonchev–Trinajstić information content (AvgIpc) is 2.90. The van der Waals surface area contributed by atoms with Gasteiger partial charge in [0.05, 0.1) is 12.7 Å². The molecule has 0 saturated carbocycles. The van der Waals surface area contributed by atoms with Gasteiger partial charge in [-0.3, -0.25) is 4.68 Å². The van der Waals surface area contributed by atoms with Crippen LogP contribution in [0.5, 0.6) is 0 Å². The van der Waals surface area contributed by atoms with Crippen LogP contribution in [0.1, 0.15) is 11.1 Å². The summed E-state index contributed by atoms with van der Waals surface area (Å²) < 4.78 is 1.72. The molecule has 0 aromatic carbocycles. The number of anilines is 1. The second-order valence-corrected chi connectivity index (χ2v) is 5.45. The quantitative estimate of drug-likeness (QED) is 0.902. The smallest absolute Gasteiger partial charge is 0.317 e. The van der Waals surface area contributed by atoms with E-state index in [9.17, 15) is 4.79 Å². The predicted molar refractivity (Wildman–Crippen MR) is 85.5 cm³/mol. The molecule has 0 unspecified atom stereocenters. The monoisotopic (exact) mass is 302 g/mol. The summed E-state index contributed by atoms with van der Waals surface area (Å²) in [7, 11) is 7.49. The highest BCUT2D eigenvalue weighted by Gasteiger charge is 2.10. The summed E-state index contributed by atoms with van der Waals surface area (Å²) in [6.07, 6.45) is 5.40. The van der Waals surface area contributed by atoms with E-state index in [1.807, 2.05) is 44.4 Å². The fourth-order valence-corrected chi connectivity index (χ4v) is 2.03. The number of pyridine rings is 1. The first-order valence-corrected chi connectivity index (χ1v) is 7.04. The van der Waals surface area contributed by atoms with Gasteiger partial charge < -0.3 is 15.1 Å². The van der Waals surface area contributed by atoms with E-state index in [2.05, 4.69) is 15.4 Å². The van der Waals surface area contributed by atoms with Crippen LogP contribution in [-0.2, 0) is 20.1 Å². The Morgan fingerprint density at radius 3 is 2.73 bits per heavy atom. The van der Waals surface area contributed by atoms with Crippen LogP contribution in [0.4, 0.5) is 10.6 Å². The molecule has 0 aliphatic rings. The van der Waals surface area contributed by atoms with E-state index >= 15 is 0 Å². The molecule has 118 valence electrons. The van der Waals surface area contributed by atoms with Gasteiger partial charge >= 0.3 is 6.03 Å². The highest BCUT2D eigenvalue weighted by Crippen LogP contribution is 2.09. The number of carbonyl (C=O) groups is 1. The Labute approximate surface area is 130 Å². The molecule has 0 spiro atoms. The Morgan fingerprint density at radius 2 is 2.09 bits per heavy atom. The van der Waals surface area contributed by atoms with E-state index in [1.165, 1.54) is 0 Å². The maximum atomic E-state index is 12.1. The Balaban J connectivity index is 1.88. The molecule has 0 radical (unpaired) electrons. The highest BCUT2D eigenvalue weighted by atomic mass is 16.2. The number of carbonyl (C=O) groups excluding carboxylic acids is 1. The number of aryl methyl sites for hydroxylation is 1. The first-order valence-electron chi connectivity index (χ1n) is 7.04. The molecule has 2 amide bonds. The zero-order valence-corrected chi connectivity index (χ0v) is 13.4. The van der Waals surface area contributed by atoms with Gasteiger partial charge in [0.1, 0.15) is 5.82 Å². The first-order chi connectivity index (χ1) is 10.5. The minimum Gasteiger partial charge on any atom is -0.363 e. The molecular formula is C15H22N6O. The lowest BCUT2D eigenvalue weighted by Crippen LogP contribution is -2.36. The SMILES string of the molecule is CN(Cc1cnn(C)c1)C(=O)NCc1ccnc(N(C)C)c1. The number of aromatic nitrogens is 3. The maximum Gasteiger partial charge on any atom is 0.317 e. The molecule has 0 aliphatic carbocycles. The standard InChI is InChI=1S/C15H22N6O/c1-19(2)14-7-12(5-6-16-14)8-17-15(22)20(3)10-13-9-18-21(4)11-13/h5-7,9,11H,8,10H2,1-4H3,(H,17,22). The van der Waals surface area contributed by atoms with Gasteiger partial charge in [0.15, 0.2) is 0 Å². The number of nitrogens with one attached hydrogen (secondary N) is 1. The van der Waals surface area contributed by atoms with Gasteiger partial charge in [0, 0.05) is 52.7 Å². The number of amides is 2. The fourth-order valence-electron chi connectivity index (χ4n) is 2.03. The number of urea groups is 1. The highest BCUT2D eigenvalue weighted by molar-refractivity contribution is 5.73. The minimum atomic E-state index is -0.118. The van der Waals surface area contributed by atoms with Gasteiger partial charge in [-0.2, -0.15) is 5.10 Å². The molecule has 0 atom stereocenters. The Kier molecular flexibility index (Phi) is 4.98. The second-order valence-electron chi connectivity index (χ2n) is 5.45. The van der Waals surface area contributed by atoms with Crippen molar-refractivity contribution in [3.63, 3.8) is 0 Å². The lowest BCUT2D eigenvalue weighted by Gasteiger charge is -2.17. The molecule has 2 aromatic rings. The fraction of sp³-hybridized carbons (Fsp3) is 0.400. The van der Waals surface area contributed by atoms with Gasteiger partial charge in [0.2, 0.25) is 0 Å². The third kappa shape index (κ3) is 4.21. The van der Waals surface area contributed by atoms with E-state index < -0.39 is 0 Å². The van der Waals surface area contributed by atoms with Crippen LogP contribution in [0.2, 0.25) is 0 Å². The van der Waals surface area contributed by atoms with Crippen molar-refractivity contribution in [2.75, 3.05) is 26.0 Å². The van der Waals surface area contributed by atoms with Crippen LogP contribution in [0, 0.1) is 0 Å². The molecule has 7 heteroatoms. The van der Waals surface area contributed by atoms with E-state index in [4.69, 9.17) is 0 Å². The first kappa shape index (κ1) is 15.8. The van der Waals surface area contributed by atoms with Crippen molar-refractivity contribution in [1.29, 1.82) is 0 Å². The van der Waals surface area contributed by atoms with Crippen molar-refractivity contribution in [3.8, 4) is 0 Å². The molecular weight excluding hydrogens is 280 g/mol. The largest absolute Gasteiger partial charge is 0.363 e. The van der Waals surface area contributed by atoms with E-state index in [0.29, 0.717) is 13.1 Å². The summed E-state index contributed by atoms with van der Waals surface area (Å²) >= 11 is 0. The molecule has 0 fully saturated rings. The molecule has 2 rings (SSSR count). The molecule has 7 nitrogen and oxygen atoms in total. The number of rotatable bonds is 5. The summed E-state index contributed by atoms with van der Waals surface area (Å²) in [4.78, 5) is 19.9. The minimum absolute atomic E-state index is 0.118. The molecule has 0 bridgehead atoms. The van der Waals surface area contributed by atoms with Crippen LogP contribution in [-0.4, -0.2) is 46.8 Å². The topological polar surface area (TPSA) is 66.3 Å². The Hall–Kier alpha value is -2.57. The van der Waals surface area contributed by atoms with Crippen LogP contribution < -0.4 is 10.2 Å². The van der Waals surface area contributed by atoms with Crippen molar-refractivity contribution in [2.45, 2.75) is 13.1 Å².